The average Bonchev–Trinajstić information content (AvgIpc) is 3.37. The lowest BCUT2D eigenvalue weighted by Gasteiger charge is -2.36. The van der Waals surface area contributed by atoms with Crippen molar-refractivity contribution in [2.45, 2.75) is 156 Å². The van der Waals surface area contributed by atoms with Gasteiger partial charge in [-0.1, -0.05) is 154 Å². The number of nitrogens with two attached hydrogens (primary N) is 4. The number of hydrogen-bond acceptors (Lipinski definition) is 7. The molecule has 0 saturated heterocycles. The number of unbranched alkanes of at least 4 members (excludes halogenated alkanes) is 16. The molecule has 0 bridgehead atoms. The van der Waals surface area contributed by atoms with Gasteiger partial charge in [0, 0.05) is 109 Å². The SMILES string of the molecule is [C-]#[N+]C(C#N)=C1C(=C2c3c(N)cccc3C(=[N+](CCCCCCC)CCCCCCC)c3cccc(N)c32)C(O)=C1c1c2c(N)cccc2c(N(CCCCCCC)CCCCCCC)c2cccc(N)c12. The van der Waals surface area contributed by atoms with Crippen molar-refractivity contribution in [3.63, 3.8) is 0 Å². The van der Waals surface area contributed by atoms with Crippen LogP contribution in [0.3, 0.4) is 0 Å². The first-order chi connectivity index (χ1) is 35.2. The predicted octanol–water partition coefficient (Wildman–Crippen LogP) is 15.7. The van der Waals surface area contributed by atoms with Gasteiger partial charge in [-0.15, -0.1) is 0 Å². The van der Waals surface area contributed by atoms with Crippen LogP contribution < -0.4 is 27.8 Å². The summed E-state index contributed by atoms with van der Waals surface area (Å²) in [4.78, 5) is 6.44. The van der Waals surface area contributed by atoms with Crippen LogP contribution >= 0.6 is 0 Å². The van der Waals surface area contributed by atoms with Crippen molar-refractivity contribution < 1.29 is 9.68 Å². The normalized spacial score (nSPS) is 13.8. The van der Waals surface area contributed by atoms with Crippen LogP contribution in [0.5, 0.6) is 0 Å². The van der Waals surface area contributed by atoms with Gasteiger partial charge in [0.2, 0.25) is 5.71 Å². The molecule has 72 heavy (non-hydrogen) atoms. The first-order valence-corrected chi connectivity index (χ1v) is 27.6. The molecular weight excluding hydrogens is 885 g/mol. The van der Waals surface area contributed by atoms with Crippen molar-refractivity contribution in [3.05, 3.63) is 135 Å². The molecular formula is C63H81N8O+. The van der Waals surface area contributed by atoms with Gasteiger partial charge in [0.05, 0.1) is 29.5 Å². The summed E-state index contributed by atoms with van der Waals surface area (Å²) in [5.41, 5.74) is 38.4. The minimum atomic E-state index is -0.150. The predicted molar refractivity (Wildman–Crippen MR) is 307 cm³/mol. The van der Waals surface area contributed by atoms with Crippen molar-refractivity contribution >= 4 is 66.8 Å². The molecule has 5 aromatic rings. The Bertz CT molecular complexity index is 2790. The molecule has 0 radical (unpaired) electrons. The van der Waals surface area contributed by atoms with Crippen LogP contribution in [0.15, 0.2) is 95.4 Å². The van der Waals surface area contributed by atoms with Gasteiger partial charge in [0.1, 0.15) is 18.8 Å². The molecule has 0 fully saturated rings. The van der Waals surface area contributed by atoms with Crippen LogP contribution in [0.2, 0.25) is 0 Å². The second-order valence-corrected chi connectivity index (χ2v) is 20.2. The quantitative estimate of drug-likeness (QED) is 0.00904. The van der Waals surface area contributed by atoms with Crippen molar-refractivity contribution in [2.75, 3.05) is 54.0 Å². The summed E-state index contributed by atoms with van der Waals surface area (Å²) in [5, 5.41) is 27.5. The molecule has 0 spiro atoms. The molecule has 378 valence electrons. The topological polar surface area (TPSA) is 159 Å². The Labute approximate surface area is 430 Å². The van der Waals surface area contributed by atoms with E-state index in [-0.39, 0.29) is 11.5 Å². The lowest BCUT2D eigenvalue weighted by Crippen LogP contribution is -2.31. The molecule has 2 aliphatic rings. The zero-order valence-corrected chi connectivity index (χ0v) is 43.9. The number of nitriles is 1. The van der Waals surface area contributed by atoms with Crippen molar-refractivity contribution in [1.82, 2.24) is 0 Å². The van der Waals surface area contributed by atoms with E-state index in [1.54, 1.807) is 0 Å². The molecule has 9 nitrogen and oxygen atoms in total. The maximum Gasteiger partial charge on any atom is 0.270 e. The summed E-state index contributed by atoms with van der Waals surface area (Å²) in [6.45, 7) is 21.1. The summed E-state index contributed by atoms with van der Waals surface area (Å²) >= 11 is 0. The van der Waals surface area contributed by atoms with Crippen LogP contribution in [-0.2, 0) is 0 Å². The van der Waals surface area contributed by atoms with E-state index >= 15 is 0 Å². The summed E-state index contributed by atoms with van der Waals surface area (Å²) in [6.07, 6.45) is 23.2. The van der Waals surface area contributed by atoms with E-state index in [1.165, 1.54) is 77.0 Å². The average molecular weight is 966 g/mol. The summed E-state index contributed by atoms with van der Waals surface area (Å²) in [5.74, 6) is -0.0579. The first-order valence-electron chi connectivity index (χ1n) is 27.6. The lowest BCUT2D eigenvalue weighted by atomic mass is 9.68. The number of aliphatic hydroxyl groups is 1. The molecule has 9 heteroatoms. The lowest BCUT2D eigenvalue weighted by molar-refractivity contribution is -0.528. The number of allylic oxidation sites excluding steroid dienone is 3. The number of anilines is 5. The largest absolute Gasteiger partial charge is 0.507 e. The molecule has 7 rings (SSSR count). The van der Waals surface area contributed by atoms with E-state index in [1.807, 2.05) is 48.5 Å². The second-order valence-electron chi connectivity index (χ2n) is 20.2. The highest BCUT2D eigenvalue weighted by atomic mass is 16.3. The standard InChI is InChI=1S/C63H80N8O/c1-6-10-14-18-22-38-70(39-23-19-15-11-7-2)61-43-30-26-34-47(65)52(43)57(53-44(61)31-27-35-48(53)66)59-56(51(42-64)69-5)60(63(59)72)58-54-45(32-28-36-49(54)67)62(46-33-29-37-50(68)55(46)58)71(40-24-20-16-12-8-3)41-25-21-17-13-9-4/h26-37H,6-25,38-41,65-68H2,1-4H3/p+1. The maximum atomic E-state index is 13.2. The number of fused-ring (bicyclic) bond motifs is 4. The Morgan fingerprint density at radius 2 is 0.958 bits per heavy atom. The van der Waals surface area contributed by atoms with Gasteiger partial charge in [-0.05, 0) is 62.1 Å². The Hall–Kier alpha value is -6.71. The molecule has 9 N–H and O–H groups in total. The number of rotatable bonds is 26. The smallest absolute Gasteiger partial charge is 0.270 e. The number of hydrogen-bond donors (Lipinski definition) is 5. The third-order valence-corrected chi connectivity index (χ3v) is 15.1. The number of aliphatic hydroxyl groups excluding tert-OH is 1. The van der Waals surface area contributed by atoms with Crippen molar-refractivity contribution in [3.8, 4) is 6.07 Å². The Kier molecular flexibility index (Phi) is 18.9. The van der Waals surface area contributed by atoms with Gasteiger partial charge in [-0.3, -0.25) is 0 Å². The van der Waals surface area contributed by atoms with Gasteiger partial charge in [-0.25, -0.2) is 14.7 Å². The van der Waals surface area contributed by atoms with Gasteiger partial charge in [0.15, 0.2) is 0 Å². The Morgan fingerprint density at radius 1 is 0.542 bits per heavy atom. The van der Waals surface area contributed by atoms with Crippen LogP contribution in [0, 0.1) is 17.9 Å². The van der Waals surface area contributed by atoms with Gasteiger partial charge in [0.25, 0.3) is 5.70 Å². The molecule has 0 aromatic heterocycles. The fraction of sp³-hybridized carbons (Fsp3) is 0.444. The van der Waals surface area contributed by atoms with Gasteiger partial charge >= 0.3 is 0 Å². The monoisotopic (exact) mass is 966 g/mol. The van der Waals surface area contributed by atoms with E-state index < -0.39 is 0 Å². The highest BCUT2D eigenvalue weighted by Crippen LogP contribution is 2.58. The Balaban J connectivity index is 1.53. The zero-order valence-electron chi connectivity index (χ0n) is 43.9. The number of benzene rings is 5. The van der Waals surface area contributed by atoms with E-state index in [0.29, 0.717) is 50.6 Å². The van der Waals surface area contributed by atoms with E-state index in [2.05, 4.69) is 72.4 Å². The van der Waals surface area contributed by atoms with Crippen LogP contribution in [0.4, 0.5) is 28.4 Å². The van der Waals surface area contributed by atoms with E-state index in [9.17, 15) is 10.4 Å². The maximum absolute atomic E-state index is 13.2. The molecule has 0 aliphatic heterocycles. The zero-order chi connectivity index (χ0) is 51.1. The molecule has 5 aromatic carbocycles. The van der Waals surface area contributed by atoms with E-state index in [0.717, 1.165) is 133 Å². The van der Waals surface area contributed by atoms with E-state index in [4.69, 9.17) is 29.5 Å². The van der Waals surface area contributed by atoms with Crippen molar-refractivity contribution in [2.24, 2.45) is 0 Å². The van der Waals surface area contributed by atoms with Crippen LogP contribution in [0.25, 0.3) is 37.5 Å². The molecule has 2 aliphatic carbocycles. The van der Waals surface area contributed by atoms with Crippen molar-refractivity contribution in [1.29, 1.82) is 5.26 Å². The fourth-order valence-corrected chi connectivity index (χ4v) is 11.5. The summed E-state index contributed by atoms with van der Waals surface area (Å²) in [7, 11) is 0. The summed E-state index contributed by atoms with van der Waals surface area (Å²) in [6, 6.07) is 26.3. The van der Waals surface area contributed by atoms with Gasteiger partial charge in [-0.2, -0.15) is 0 Å². The molecule has 0 heterocycles. The fourth-order valence-electron chi connectivity index (χ4n) is 11.5. The summed E-state index contributed by atoms with van der Waals surface area (Å²) < 4.78 is 2.54. The third-order valence-electron chi connectivity index (χ3n) is 15.1. The minimum Gasteiger partial charge on any atom is -0.507 e. The Morgan fingerprint density at radius 3 is 1.39 bits per heavy atom. The number of nitrogens with zero attached hydrogens (tertiary/aromatic N) is 4. The second kappa shape index (κ2) is 25.6. The highest BCUT2D eigenvalue weighted by Gasteiger charge is 2.44. The van der Waals surface area contributed by atoms with Crippen LogP contribution in [0.1, 0.15) is 184 Å². The highest BCUT2D eigenvalue weighted by molar-refractivity contribution is 6.29. The van der Waals surface area contributed by atoms with Crippen LogP contribution in [-0.4, -0.2) is 41.6 Å². The van der Waals surface area contributed by atoms with Gasteiger partial charge < -0.3 is 32.9 Å². The first kappa shape index (κ1) is 53.1. The number of nitrogen functional groups attached to an aromatic ring is 4. The third kappa shape index (κ3) is 11.0. The minimum absolute atomic E-state index is 0.0579. The molecule has 0 saturated carbocycles. The molecule has 0 amide bonds. The molecule has 0 atom stereocenters. The molecule has 0 unspecified atom stereocenters.